The number of rotatable bonds is 6. The number of carboxylic acids is 1. The molecule has 21 heavy (non-hydrogen) atoms. The summed E-state index contributed by atoms with van der Waals surface area (Å²) < 4.78 is 0. The summed E-state index contributed by atoms with van der Waals surface area (Å²) >= 11 is 0. The third-order valence-corrected chi connectivity index (χ3v) is 2.89. The second-order valence-corrected chi connectivity index (χ2v) is 5.18. The summed E-state index contributed by atoms with van der Waals surface area (Å²) in [6.07, 6.45) is 0.0941. The molecule has 0 radical (unpaired) electrons. The summed E-state index contributed by atoms with van der Waals surface area (Å²) in [6, 6.07) is 5.94. The molecule has 0 saturated carbocycles. The van der Waals surface area contributed by atoms with Crippen molar-refractivity contribution in [2.75, 3.05) is 5.32 Å². The number of benzene rings is 1. The zero-order valence-corrected chi connectivity index (χ0v) is 12.3. The Morgan fingerprint density at radius 1 is 1.14 bits per heavy atom. The van der Waals surface area contributed by atoms with Gasteiger partial charge in [-0.2, -0.15) is 0 Å². The minimum Gasteiger partial charge on any atom is -0.480 e. The molecule has 1 rings (SSSR count). The number of carbonyl (C=O) groups is 3. The summed E-state index contributed by atoms with van der Waals surface area (Å²) in [5, 5.41) is 14.2. The lowest BCUT2D eigenvalue weighted by atomic mass is 10.0. The predicted octanol–water partition coefficient (Wildman–Crippen LogP) is 1.41. The second-order valence-electron chi connectivity index (χ2n) is 5.18. The van der Waals surface area contributed by atoms with Gasteiger partial charge in [-0.1, -0.05) is 26.0 Å². The highest BCUT2D eigenvalue weighted by Gasteiger charge is 2.23. The van der Waals surface area contributed by atoms with Crippen LogP contribution in [-0.4, -0.2) is 28.9 Å². The lowest BCUT2D eigenvalue weighted by Gasteiger charge is -2.17. The van der Waals surface area contributed by atoms with Crippen molar-refractivity contribution in [3.8, 4) is 0 Å². The molecule has 6 heteroatoms. The average Bonchev–Trinajstić information content (AvgIpc) is 2.37. The molecule has 114 valence electrons. The van der Waals surface area contributed by atoms with Crippen LogP contribution in [0.15, 0.2) is 24.3 Å². The summed E-state index contributed by atoms with van der Waals surface area (Å²) in [5.41, 5.74) is 1.40. The van der Waals surface area contributed by atoms with Crippen LogP contribution in [0.3, 0.4) is 0 Å². The van der Waals surface area contributed by atoms with E-state index < -0.39 is 12.0 Å². The van der Waals surface area contributed by atoms with Gasteiger partial charge in [-0.3, -0.25) is 9.59 Å². The SMILES string of the molecule is CC(=O)Nc1ccc(CC(=O)N[C@H](C(=O)O)C(C)C)cc1. The number of aliphatic carboxylic acids is 1. The molecule has 0 aliphatic carbocycles. The number of nitrogens with one attached hydrogen (secondary N) is 2. The normalized spacial score (nSPS) is 11.8. The number of hydrogen-bond donors (Lipinski definition) is 3. The van der Waals surface area contributed by atoms with Crippen LogP contribution in [0.4, 0.5) is 5.69 Å². The largest absolute Gasteiger partial charge is 0.480 e. The molecule has 0 fully saturated rings. The van der Waals surface area contributed by atoms with Crippen molar-refractivity contribution in [3.05, 3.63) is 29.8 Å². The quantitative estimate of drug-likeness (QED) is 0.738. The fourth-order valence-electron chi connectivity index (χ4n) is 1.83. The van der Waals surface area contributed by atoms with Crippen molar-refractivity contribution in [2.24, 2.45) is 5.92 Å². The average molecular weight is 292 g/mol. The van der Waals surface area contributed by atoms with Crippen molar-refractivity contribution in [2.45, 2.75) is 33.2 Å². The van der Waals surface area contributed by atoms with E-state index in [1.54, 1.807) is 38.1 Å². The van der Waals surface area contributed by atoms with E-state index in [9.17, 15) is 14.4 Å². The molecule has 0 aliphatic heterocycles. The Hall–Kier alpha value is -2.37. The van der Waals surface area contributed by atoms with Crippen molar-refractivity contribution in [1.82, 2.24) is 5.32 Å². The minimum absolute atomic E-state index is 0.0941. The summed E-state index contributed by atoms with van der Waals surface area (Å²) in [6.45, 7) is 4.89. The molecular formula is C15H20N2O4. The molecule has 0 bridgehead atoms. The van der Waals surface area contributed by atoms with Crippen LogP contribution in [0.2, 0.25) is 0 Å². The Kier molecular flexibility index (Phi) is 5.90. The van der Waals surface area contributed by atoms with E-state index in [1.807, 2.05) is 0 Å². The first-order chi connectivity index (χ1) is 9.79. The minimum atomic E-state index is -1.04. The lowest BCUT2D eigenvalue weighted by molar-refractivity contribution is -0.143. The first-order valence-electron chi connectivity index (χ1n) is 6.68. The van der Waals surface area contributed by atoms with E-state index in [-0.39, 0.29) is 24.2 Å². The smallest absolute Gasteiger partial charge is 0.326 e. The van der Waals surface area contributed by atoms with Crippen molar-refractivity contribution in [3.63, 3.8) is 0 Å². The Labute approximate surface area is 123 Å². The van der Waals surface area contributed by atoms with E-state index in [0.29, 0.717) is 5.69 Å². The van der Waals surface area contributed by atoms with Crippen LogP contribution in [0, 0.1) is 5.92 Å². The molecule has 0 unspecified atom stereocenters. The summed E-state index contributed by atoms with van der Waals surface area (Å²) in [7, 11) is 0. The van der Waals surface area contributed by atoms with Gasteiger partial charge in [-0.25, -0.2) is 4.79 Å². The third kappa shape index (κ3) is 5.64. The van der Waals surface area contributed by atoms with Gasteiger partial charge < -0.3 is 15.7 Å². The maximum atomic E-state index is 11.9. The highest BCUT2D eigenvalue weighted by atomic mass is 16.4. The highest BCUT2D eigenvalue weighted by molar-refractivity contribution is 5.89. The van der Waals surface area contributed by atoms with Crippen LogP contribution < -0.4 is 10.6 Å². The number of carboxylic acid groups (broad SMARTS) is 1. The fraction of sp³-hybridized carbons (Fsp3) is 0.400. The maximum Gasteiger partial charge on any atom is 0.326 e. The number of hydrogen-bond acceptors (Lipinski definition) is 3. The van der Waals surface area contributed by atoms with E-state index >= 15 is 0 Å². The number of anilines is 1. The monoisotopic (exact) mass is 292 g/mol. The molecule has 0 heterocycles. The molecule has 0 aromatic heterocycles. The van der Waals surface area contributed by atoms with Crippen LogP contribution in [-0.2, 0) is 20.8 Å². The van der Waals surface area contributed by atoms with Crippen molar-refractivity contribution < 1.29 is 19.5 Å². The van der Waals surface area contributed by atoms with Gasteiger partial charge in [0.1, 0.15) is 6.04 Å². The Bertz CT molecular complexity index is 523. The van der Waals surface area contributed by atoms with Crippen molar-refractivity contribution >= 4 is 23.5 Å². The molecular weight excluding hydrogens is 272 g/mol. The third-order valence-electron chi connectivity index (χ3n) is 2.89. The Morgan fingerprint density at radius 3 is 2.14 bits per heavy atom. The van der Waals surface area contributed by atoms with Crippen molar-refractivity contribution in [1.29, 1.82) is 0 Å². The van der Waals surface area contributed by atoms with E-state index in [4.69, 9.17) is 5.11 Å². The van der Waals surface area contributed by atoms with E-state index in [2.05, 4.69) is 10.6 Å². The van der Waals surface area contributed by atoms with Gasteiger partial charge in [0.05, 0.1) is 6.42 Å². The van der Waals surface area contributed by atoms with Gasteiger partial charge in [0.25, 0.3) is 0 Å². The van der Waals surface area contributed by atoms with Gasteiger partial charge in [0, 0.05) is 12.6 Å². The topological polar surface area (TPSA) is 95.5 Å². The first-order valence-corrected chi connectivity index (χ1v) is 6.68. The molecule has 1 aromatic carbocycles. The Balaban J connectivity index is 2.62. The zero-order chi connectivity index (χ0) is 16.0. The van der Waals surface area contributed by atoms with Crippen LogP contribution in [0.1, 0.15) is 26.3 Å². The second kappa shape index (κ2) is 7.42. The van der Waals surface area contributed by atoms with Crippen LogP contribution in [0.5, 0.6) is 0 Å². The molecule has 2 amide bonds. The Morgan fingerprint density at radius 2 is 1.71 bits per heavy atom. The number of amides is 2. The molecule has 3 N–H and O–H groups in total. The molecule has 1 atom stereocenters. The highest BCUT2D eigenvalue weighted by Crippen LogP contribution is 2.10. The van der Waals surface area contributed by atoms with Gasteiger partial charge in [0.15, 0.2) is 0 Å². The maximum absolute atomic E-state index is 11.9. The summed E-state index contributed by atoms with van der Waals surface area (Å²) in [4.78, 5) is 33.8. The van der Waals surface area contributed by atoms with Gasteiger partial charge in [0.2, 0.25) is 11.8 Å². The van der Waals surface area contributed by atoms with Gasteiger partial charge in [-0.05, 0) is 23.6 Å². The van der Waals surface area contributed by atoms with E-state index in [1.165, 1.54) is 6.92 Å². The van der Waals surface area contributed by atoms with Crippen LogP contribution in [0.25, 0.3) is 0 Å². The molecule has 1 aromatic rings. The zero-order valence-electron chi connectivity index (χ0n) is 12.3. The molecule has 0 saturated heterocycles. The number of carbonyl (C=O) groups excluding carboxylic acids is 2. The van der Waals surface area contributed by atoms with Gasteiger partial charge >= 0.3 is 5.97 Å². The summed E-state index contributed by atoms with van der Waals surface area (Å²) in [5.74, 6) is -1.74. The lowest BCUT2D eigenvalue weighted by Crippen LogP contribution is -2.44. The molecule has 6 nitrogen and oxygen atoms in total. The van der Waals surface area contributed by atoms with Crippen LogP contribution >= 0.6 is 0 Å². The standard InChI is InChI=1S/C15H20N2O4/c1-9(2)14(15(20)21)17-13(19)8-11-4-6-12(7-5-11)16-10(3)18/h4-7,9,14H,8H2,1-3H3,(H,16,18)(H,17,19)(H,20,21)/t14-/m0/s1. The predicted molar refractivity (Wildman–Crippen MR) is 78.9 cm³/mol. The fourth-order valence-corrected chi connectivity index (χ4v) is 1.83. The first kappa shape index (κ1) is 16.7. The molecule has 0 spiro atoms. The van der Waals surface area contributed by atoms with Gasteiger partial charge in [-0.15, -0.1) is 0 Å². The van der Waals surface area contributed by atoms with E-state index in [0.717, 1.165) is 5.56 Å². The molecule has 0 aliphatic rings.